The molecule has 0 spiro atoms. The number of carbonyl (C=O) groups is 2. The highest BCUT2D eigenvalue weighted by Crippen LogP contribution is 2.41. The van der Waals surface area contributed by atoms with Gasteiger partial charge in [-0.2, -0.15) is 0 Å². The highest BCUT2D eigenvalue weighted by atomic mass is 35.5. The van der Waals surface area contributed by atoms with E-state index in [4.69, 9.17) is 20.8 Å². The predicted molar refractivity (Wildman–Crippen MR) is 95.7 cm³/mol. The molecule has 0 aliphatic carbocycles. The van der Waals surface area contributed by atoms with Crippen molar-refractivity contribution in [3.8, 4) is 5.75 Å². The highest BCUT2D eigenvalue weighted by molar-refractivity contribution is 6.31. The van der Waals surface area contributed by atoms with Crippen molar-refractivity contribution >= 4 is 39.9 Å². The van der Waals surface area contributed by atoms with Crippen molar-refractivity contribution in [2.24, 2.45) is 0 Å². The standard InChI is InChI=1S/C19H14ClNO5/c1-25-15-4-2-3-10-7-16(26-17(10)15)14(22)9-19(24)12-8-11(20)5-6-13(12)21-18(19)23/h2-8,24H,9H2,1H3,(H,21,23)/t19-/m0/s1. The molecule has 0 saturated heterocycles. The van der Waals surface area contributed by atoms with Gasteiger partial charge in [0.05, 0.1) is 13.5 Å². The summed E-state index contributed by atoms with van der Waals surface area (Å²) in [7, 11) is 1.51. The molecule has 1 amide bonds. The van der Waals surface area contributed by atoms with Crippen molar-refractivity contribution in [2.45, 2.75) is 12.0 Å². The van der Waals surface area contributed by atoms with E-state index in [1.807, 2.05) is 0 Å². The third kappa shape index (κ3) is 2.46. The van der Waals surface area contributed by atoms with Gasteiger partial charge in [0.25, 0.3) is 5.91 Å². The molecule has 132 valence electrons. The molecule has 0 radical (unpaired) electrons. The number of ketones is 1. The van der Waals surface area contributed by atoms with E-state index >= 15 is 0 Å². The van der Waals surface area contributed by atoms with E-state index in [-0.39, 0.29) is 11.3 Å². The van der Waals surface area contributed by atoms with Gasteiger partial charge in [0.1, 0.15) is 0 Å². The van der Waals surface area contributed by atoms with Crippen LogP contribution in [0.4, 0.5) is 5.69 Å². The molecule has 4 rings (SSSR count). The minimum Gasteiger partial charge on any atom is -0.493 e. The number of furan rings is 1. The monoisotopic (exact) mass is 371 g/mol. The van der Waals surface area contributed by atoms with Crippen molar-refractivity contribution in [3.05, 3.63) is 58.8 Å². The molecule has 0 fully saturated rings. The molecule has 3 aromatic rings. The van der Waals surface area contributed by atoms with Crippen LogP contribution in [0.15, 0.2) is 46.9 Å². The number of benzene rings is 2. The van der Waals surface area contributed by atoms with Gasteiger partial charge in [-0.3, -0.25) is 9.59 Å². The van der Waals surface area contributed by atoms with Crippen LogP contribution in [0.1, 0.15) is 22.5 Å². The van der Waals surface area contributed by atoms with Crippen LogP contribution in [-0.2, 0) is 10.4 Å². The Labute approximate surface area is 153 Å². The highest BCUT2D eigenvalue weighted by Gasteiger charge is 2.47. The molecule has 0 bridgehead atoms. The van der Waals surface area contributed by atoms with Gasteiger partial charge in [0.15, 0.2) is 22.7 Å². The first-order valence-electron chi connectivity index (χ1n) is 7.86. The Morgan fingerprint density at radius 2 is 2.12 bits per heavy atom. The fourth-order valence-corrected chi connectivity index (χ4v) is 3.32. The minimum absolute atomic E-state index is 0.0428. The maximum atomic E-state index is 12.7. The summed E-state index contributed by atoms with van der Waals surface area (Å²) in [5.41, 5.74) is -0.858. The number of carbonyl (C=O) groups excluding carboxylic acids is 2. The Morgan fingerprint density at radius 3 is 2.88 bits per heavy atom. The number of methoxy groups -OCH3 is 1. The fraction of sp³-hybridized carbons (Fsp3) is 0.158. The van der Waals surface area contributed by atoms with Crippen LogP contribution in [0.3, 0.4) is 0 Å². The number of ether oxygens (including phenoxy) is 1. The van der Waals surface area contributed by atoms with E-state index < -0.39 is 23.7 Å². The topological polar surface area (TPSA) is 88.8 Å². The average Bonchev–Trinajstić information content (AvgIpc) is 3.16. The molecule has 1 atom stereocenters. The normalized spacial score (nSPS) is 18.7. The number of hydrogen-bond acceptors (Lipinski definition) is 5. The molecule has 2 heterocycles. The van der Waals surface area contributed by atoms with Crippen LogP contribution in [0, 0.1) is 0 Å². The average molecular weight is 372 g/mol. The first-order valence-corrected chi connectivity index (χ1v) is 8.24. The van der Waals surface area contributed by atoms with Crippen LogP contribution in [0.2, 0.25) is 5.02 Å². The fourth-order valence-electron chi connectivity index (χ4n) is 3.15. The molecular weight excluding hydrogens is 358 g/mol. The summed E-state index contributed by atoms with van der Waals surface area (Å²) in [4.78, 5) is 25.0. The lowest BCUT2D eigenvalue weighted by Crippen LogP contribution is -2.36. The molecular formula is C19H14ClNO5. The third-order valence-corrected chi connectivity index (χ3v) is 4.71. The molecule has 26 heavy (non-hydrogen) atoms. The second-order valence-electron chi connectivity index (χ2n) is 6.09. The van der Waals surface area contributed by atoms with E-state index in [1.165, 1.54) is 13.2 Å². The third-order valence-electron chi connectivity index (χ3n) is 4.47. The summed E-state index contributed by atoms with van der Waals surface area (Å²) in [5, 5.41) is 14.5. The van der Waals surface area contributed by atoms with E-state index in [1.54, 1.807) is 36.4 Å². The quantitative estimate of drug-likeness (QED) is 0.685. The number of aliphatic hydroxyl groups is 1. The van der Waals surface area contributed by atoms with Crippen LogP contribution >= 0.6 is 11.6 Å². The maximum absolute atomic E-state index is 12.7. The van der Waals surface area contributed by atoms with Gasteiger partial charge >= 0.3 is 0 Å². The Morgan fingerprint density at radius 1 is 1.31 bits per heavy atom. The number of amides is 1. The number of nitrogens with one attached hydrogen (secondary N) is 1. The van der Waals surface area contributed by atoms with Gasteiger partial charge in [-0.15, -0.1) is 0 Å². The van der Waals surface area contributed by atoms with Gasteiger partial charge in [-0.1, -0.05) is 23.7 Å². The first-order chi connectivity index (χ1) is 12.4. The largest absolute Gasteiger partial charge is 0.493 e. The molecule has 0 saturated carbocycles. The Bertz CT molecular complexity index is 1060. The minimum atomic E-state index is -2.00. The van der Waals surface area contributed by atoms with E-state index in [0.717, 1.165) is 0 Å². The second kappa shape index (κ2) is 5.86. The van der Waals surface area contributed by atoms with Crippen molar-refractivity contribution in [1.29, 1.82) is 0 Å². The number of rotatable bonds is 4. The van der Waals surface area contributed by atoms with E-state index in [2.05, 4.69) is 5.32 Å². The Balaban J connectivity index is 1.71. The maximum Gasteiger partial charge on any atom is 0.261 e. The smallest absolute Gasteiger partial charge is 0.261 e. The first kappa shape index (κ1) is 16.6. The zero-order valence-electron chi connectivity index (χ0n) is 13.7. The predicted octanol–water partition coefficient (Wildman–Crippen LogP) is 3.51. The van der Waals surface area contributed by atoms with Crippen LogP contribution in [0.25, 0.3) is 11.0 Å². The molecule has 1 aromatic heterocycles. The molecule has 7 heteroatoms. The number of para-hydroxylation sites is 1. The van der Waals surface area contributed by atoms with Gasteiger partial charge in [-0.25, -0.2) is 0 Å². The summed E-state index contributed by atoms with van der Waals surface area (Å²) < 4.78 is 10.8. The van der Waals surface area contributed by atoms with E-state index in [0.29, 0.717) is 27.4 Å². The lowest BCUT2D eigenvalue weighted by molar-refractivity contribution is -0.133. The Hall–Kier alpha value is -2.83. The number of fused-ring (bicyclic) bond motifs is 2. The van der Waals surface area contributed by atoms with Crippen molar-refractivity contribution in [2.75, 3.05) is 12.4 Å². The number of anilines is 1. The van der Waals surface area contributed by atoms with Crippen molar-refractivity contribution < 1.29 is 23.8 Å². The van der Waals surface area contributed by atoms with Gasteiger partial charge < -0.3 is 19.6 Å². The summed E-state index contributed by atoms with van der Waals surface area (Å²) in [6.07, 6.45) is -0.464. The zero-order chi connectivity index (χ0) is 18.5. The number of Topliss-reactive ketones (excluding diaryl/α,β-unsaturated/α-hetero) is 1. The van der Waals surface area contributed by atoms with Gasteiger partial charge in [0.2, 0.25) is 5.78 Å². The molecule has 2 N–H and O–H groups in total. The molecule has 1 aliphatic rings. The molecule has 0 unspecified atom stereocenters. The number of hydrogen-bond donors (Lipinski definition) is 2. The van der Waals surface area contributed by atoms with Gasteiger partial charge in [-0.05, 0) is 30.3 Å². The van der Waals surface area contributed by atoms with Crippen LogP contribution < -0.4 is 10.1 Å². The van der Waals surface area contributed by atoms with Gasteiger partial charge in [0, 0.05) is 21.7 Å². The SMILES string of the molecule is COc1cccc2cc(C(=O)C[C@@]3(O)C(=O)Nc4ccc(Cl)cc43)oc12. The van der Waals surface area contributed by atoms with Crippen molar-refractivity contribution in [3.63, 3.8) is 0 Å². The van der Waals surface area contributed by atoms with Crippen molar-refractivity contribution in [1.82, 2.24) is 0 Å². The Kier molecular flexibility index (Phi) is 3.75. The lowest BCUT2D eigenvalue weighted by Gasteiger charge is -2.19. The summed E-state index contributed by atoms with van der Waals surface area (Å²) in [6.45, 7) is 0. The van der Waals surface area contributed by atoms with Crippen LogP contribution in [0.5, 0.6) is 5.75 Å². The summed E-state index contributed by atoms with van der Waals surface area (Å²) in [5.74, 6) is -0.636. The summed E-state index contributed by atoms with van der Waals surface area (Å²) >= 11 is 5.97. The lowest BCUT2D eigenvalue weighted by atomic mass is 9.89. The second-order valence-corrected chi connectivity index (χ2v) is 6.53. The zero-order valence-corrected chi connectivity index (χ0v) is 14.5. The van der Waals surface area contributed by atoms with E-state index in [9.17, 15) is 14.7 Å². The molecule has 6 nitrogen and oxygen atoms in total. The summed E-state index contributed by atoms with van der Waals surface area (Å²) in [6, 6.07) is 11.5. The number of halogens is 1. The molecule has 2 aromatic carbocycles. The molecule has 1 aliphatic heterocycles. The van der Waals surface area contributed by atoms with Crippen LogP contribution in [-0.4, -0.2) is 23.9 Å².